The molecule has 0 bridgehead atoms. The maximum atomic E-state index is 12.5. The first-order valence-corrected chi connectivity index (χ1v) is 10.5. The molecule has 2 aromatic carbocycles. The highest BCUT2D eigenvalue weighted by molar-refractivity contribution is 8.01. The highest BCUT2D eigenvalue weighted by Crippen LogP contribution is 2.32. The van der Waals surface area contributed by atoms with Gasteiger partial charge in [-0.3, -0.25) is 9.59 Å². The van der Waals surface area contributed by atoms with E-state index in [9.17, 15) is 9.59 Å². The first kappa shape index (κ1) is 19.2. The molecule has 0 fully saturated rings. The van der Waals surface area contributed by atoms with E-state index in [2.05, 4.69) is 20.8 Å². The number of nitrogens with zero attached hydrogens (tertiary/aromatic N) is 2. The van der Waals surface area contributed by atoms with Crippen LogP contribution in [0.5, 0.6) is 0 Å². The second kappa shape index (κ2) is 8.46. The lowest BCUT2D eigenvalue weighted by Gasteiger charge is -2.04. The first-order chi connectivity index (χ1) is 14.1. The summed E-state index contributed by atoms with van der Waals surface area (Å²) in [5.74, 6) is -0.215. The molecular weight excluding hydrogens is 408 g/mol. The van der Waals surface area contributed by atoms with E-state index in [0.717, 1.165) is 5.69 Å². The van der Waals surface area contributed by atoms with Gasteiger partial charge in [-0.25, -0.2) is 0 Å². The van der Waals surface area contributed by atoms with Gasteiger partial charge < -0.3 is 15.1 Å². The molecule has 0 spiro atoms. The lowest BCUT2D eigenvalue weighted by Crippen LogP contribution is -2.15. The highest BCUT2D eigenvalue weighted by atomic mass is 32.2. The van der Waals surface area contributed by atoms with Crippen molar-refractivity contribution in [1.82, 2.24) is 10.2 Å². The summed E-state index contributed by atoms with van der Waals surface area (Å²) >= 11 is 2.64. The molecule has 9 heteroatoms. The van der Waals surface area contributed by atoms with Crippen molar-refractivity contribution in [2.24, 2.45) is 0 Å². The van der Waals surface area contributed by atoms with Gasteiger partial charge in [0.25, 0.3) is 0 Å². The van der Waals surface area contributed by atoms with Crippen LogP contribution in [0.25, 0.3) is 11.0 Å². The largest absolute Gasteiger partial charge is 0.451 e. The number of carbonyl (C=O) groups excluding carboxylic acids is 2. The molecule has 146 valence electrons. The zero-order valence-corrected chi connectivity index (χ0v) is 17.0. The van der Waals surface area contributed by atoms with E-state index in [1.54, 1.807) is 12.1 Å². The zero-order valence-electron chi connectivity index (χ0n) is 15.3. The van der Waals surface area contributed by atoms with Crippen LogP contribution in [0.3, 0.4) is 0 Å². The number of furan rings is 1. The van der Waals surface area contributed by atoms with Gasteiger partial charge in [-0.2, -0.15) is 0 Å². The Labute approximate surface area is 174 Å². The fourth-order valence-electron chi connectivity index (χ4n) is 2.68. The molecule has 0 aliphatic rings. The number of hydrogen-bond donors (Lipinski definition) is 2. The van der Waals surface area contributed by atoms with Crippen LogP contribution < -0.4 is 10.6 Å². The van der Waals surface area contributed by atoms with Gasteiger partial charge in [-0.1, -0.05) is 53.4 Å². The third-order valence-electron chi connectivity index (χ3n) is 3.94. The summed E-state index contributed by atoms with van der Waals surface area (Å²) in [6, 6.07) is 16.9. The average Bonchev–Trinajstić information content (AvgIpc) is 3.32. The monoisotopic (exact) mass is 424 g/mol. The topological polar surface area (TPSA) is 97.1 Å². The quantitative estimate of drug-likeness (QED) is 0.320. The van der Waals surface area contributed by atoms with Crippen molar-refractivity contribution in [3.63, 3.8) is 0 Å². The van der Waals surface area contributed by atoms with Crippen molar-refractivity contribution in [2.75, 3.05) is 16.4 Å². The van der Waals surface area contributed by atoms with Crippen molar-refractivity contribution in [2.45, 2.75) is 11.3 Å². The van der Waals surface area contributed by atoms with E-state index in [1.165, 1.54) is 30.0 Å². The Morgan fingerprint density at radius 2 is 1.83 bits per heavy atom. The van der Waals surface area contributed by atoms with E-state index < -0.39 is 0 Å². The molecule has 0 saturated heterocycles. The van der Waals surface area contributed by atoms with Crippen LogP contribution in [-0.2, 0) is 4.79 Å². The van der Waals surface area contributed by atoms with Crippen LogP contribution in [-0.4, -0.2) is 27.6 Å². The minimum absolute atomic E-state index is 0.136. The number of amides is 1. The molecule has 0 unspecified atom stereocenters. The van der Waals surface area contributed by atoms with Crippen molar-refractivity contribution in [1.29, 1.82) is 0 Å². The lowest BCUT2D eigenvalue weighted by molar-refractivity contribution is -0.113. The van der Waals surface area contributed by atoms with Gasteiger partial charge in [0.2, 0.25) is 11.0 Å². The summed E-state index contributed by atoms with van der Waals surface area (Å²) in [6.45, 7) is 1.41. The SMILES string of the molecule is CC(=O)c1oc2ccccc2c1NC(=O)CSc1nnc(Nc2ccccc2)s1. The molecule has 0 saturated carbocycles. The summed E-state index contributed by atoms with van der Waals surface area (Å²) in [6.07, 6.45) is 0. The smallest absolute Gasteiger partial charge is 0.234 e. The fraction of sp³-hybridized carbons (Fsp3) is 0.100. The Morgan fingerprint density at radius 1 is 1.07 bits per heavy atom. The average molecular weight is 425 g/mol. The number of aromatic nitrogens is 2. The molecule has 29 heavy (non-hydrogen) atoms. The summed E-state index contributed by atoms with van der Waals surface area (Å²) in [4.78, 5) is 24.3. The number of Topliss-reactive ketones (excluding diaryl/α,β-unsaturated/α-hetero) is 1. The molecule has 2 aromatic heterocycles. The molecule has 2 N–H and O–H groups in total. The summed E-state index contributed by atoms with van der Waals surface area (Å²) in [7, 11) is 0. The molecular formula is C20H16N4O3S2. The van der Waals surface area contributed by atoms with Crippen molar-refractivity contribution in [3.05, 3.63) is 60.4 Å². The number of benzene rings is 2. The first-order valence-electron chi connectivity index (χ1n) is 8.71. The predicted octanol–water partition coefficient (Wildman–Crippen LogP) is 4.96. The number of nitrogens with one attached hydrogen (secondary N) is 2. The Kier molecular flexibility index (Phi) is 5.59. The van der Waals surface area contributed by atoms with E-state index in [1.807, 2.05) is 42.5 Å². The Morgan fingerprint density at radius 3 is 2.62 bits per heavy atom. The molecule has 7 nitrogen and oxygen atoms in total. The minimum Gasteiger partial charge on any atom is -0.451 e. The third-order valence-corrected chi connectivity index (χ3v) is 5.91. The van der Waals surface area contributed by atoms with Gasteiger partial charge >= 0.3 is 0 Å². The van der Waals surface area contributed by atoms with E-state index in [4.69, 9.17) is 4.42 Å². The van der Waals surface area contributed by atoms with Crippen LogP contribution in [0.2, 0.25) is 0 Å². The summed E-state index contributed by atoms with van der Waals surface area (Å²) < 4.78 is 6.25. The zero-order chi connectivity index (χ0) is 20.2. The second-order valence-corrected chi connectivity index (χ2v) is 8.26. The number of hydrogen-bond acceptors (Lipinski definition) is 8. The van der Waals surface area contributed by atoms with Crippen molar-refractivity contribution < 1.29 is 14.0 Å². The van der Waals surface area contributed by atoms with Crippen LogP contribution >= 0.6 is 23.1 Å². The number of para-hydroxylation sites is 2. The standard InChI is InChI=1S/C20H16N4O3S2/c1-12(25)18-17(14-9-5-6-10-15(14)27-18)22-16(26)11-28-20-24-23-19(29-20)21-13-7-3-2-4-8-13/h2-10H,11H2,1H3,(H,21,23)(H,22,26). The maximum Gasteiger partial charge on any atom is 0.234 e. The van der Waals surface area contributed by atoms with E-state index in [-0.39, 0.29) is 23.2 Å². The highest BCUT2D eigenvalue weighted by Gasteiger charge is 2.19. The molecule has 2 heterocycles. The maximum absolute atomic E-state index is 12.5. The van der Waals surface area contributed by atoms with Gasteiger partial charge in [-0.15, -0.1) is 10.2 Å². The van der Waals surface area contributed by atoms with E-state index >= 15 is 0 Å². The molecule has 1 amide bonds. The van der Waals surface area contributed by atoms with Crippen LogP contribution in [0, 0.1) is 0 Å². The fourth-order valence-corrected chi connectivity index (χ4v) is 4.26. The van der Waals surface area contributed by atoms with Crippen molar-refractivity contribution >= 4 is 62.3 Å². The second-order valence-electron chi connectivity index (χ2n) is 6.06. The summed E-state index contributed by atoms with van der Waals surface area (Å²) in [5, 5.41) is 15.5. The van der Waals surface area contributed by atoms with Gasteiger partial charge in [0, 0.05) is 18.0 Å². The number of carbonyl (C=O) groups is 2. The molecule has 4 aromatic rings. The predicted molar refractivity (Wildman–Crippen MR) is 115 cm³/mol. The van der Waals surface area contributed by atoms with E-state index in [0.29, 0.717) is 26.1 Å². The third kappa shape index (κ3) is 4.47. The Balaban J connectivity index is 1.41. The Bertz CT molecular complexity index is 1170. The van der Waals surface area contributed by atoms with Crippen molar-refractivity contribution in [3.8, 4) is 0 Å². The van der Waals surface area contributed by atoms with Gasteiger partial charge in [0.05, 0.1) is 11.4 Å². The molecule has 0 atom stereocenters. The normalized spacial score (nSPS) is 10.8. The van der Waals surface area contributed by atoms with Crippen LogP contribution in [0.4, 0.5) is 16.5 Å². The minimum atomic E-state index is -0.253. The Hall–Kier alpha value is -3.17. The number of thioether (sulfide) groups is 1. The van der Waals surface area contributed by atoms with Crippen LogP contribution in [0.1, 0.15) is 17.5 Å². The summed E-state index contributed by atoms with van der Waals surface area (Å²) in [5.41, 5.74) is 1.88. The molecule has 0 aliphatic heterocycles. The number of anilines is 3. The van der Waals surface area contributed by atoms with Gasteiger partial charge in [0.1, 0.15) is 5.58 Å². The lowest BCUT2D eigenvalue weighted by atomic mass is 10.2. The van der Waals surface area contributed by atoms with Gasteiger partial charge in [-0.05, 0) is 24.3 Å². The van der Waals surface area contributed by atoms with Gasteiger partial charge in [0.15, 0.2) is 15.9 Å². The molecule has 4 rings (SSSR count). The number of fused-ring (bicyclic) bond motifs is 1. The molecule has 0 radical (unpaired) electrons. The van der Waals surface area contributed by atoms with Crippen LogP contribution in [0.15, 0.2) is 63.4 Å². The number of ketones is 1. The number of rotatable bonds is 7. The molecule has 0 aliphatic carbocycles.